The summed E-state index contributed by atoms with van der Waals surface area (Å²) in [5, 5.41) is 3.88. The van der Waals surface area contributed by atoms with Gasteiger partial charge in [-0.25, -0.2) is 0 Å². The molecule has 1 saturated heterocycles. The van der Waals surface area contributed by atoms with Crippen molar-refractivity contribution < 1.29 is 9.59 Å². The minimum Gasteiger partial charge on any atom is -0.355 e. The molecule has 144 valence electrons. The monoisotopic (exact) mass is 419 g/mol. The van der Waals surface area contributed by atoms with Crippen LogP contribution in [0.15, 0.2) is 18.2 Å². The highest BCUT2D eigenvalue weighted by atomic mass is 35.5. The molecule has 1 aromatic carbocycles. The third kappa shape index (κ3) is 4.63. The maximum absolute atomic E-state index is 12.8. The van der Waals surface area contributed by atoms with Gasteiger partial charge in [0.2, 0.25) is 11.8 Å². The van der Waals surface area contributed by atoms with Gasteiger partial charge in [0.15, 0.2) is 0 Å². The van der Waals surface area contributed by atoms with Crippen LogP contribution in [-0.2, 0) is 9.59 Å². The van der Waals surface area contributed by atoms with E-state index < -0.39 is 0 Å². The molecule has 26 heavy (non-hydrogen) atoms. The quantitative estimate of drug-likeness (QED) is 0.769. The fraction of sp³-hybridized carbons (Fsp3) is 0.556. The zero-order valence-corrected chi connectivity index (χ0v) is 16.7. The van der Waals surface area contributed by atoms with Gasteiger partial charge in [-0.3, -0.25) is 9.59 Å². The number of rotatable bonds is 5. The number of halogens is 3. The van der Waals surface area contributed by atoms with Crippen LogP contribution < -0.4 is 11.1 Å². The summed E-state index contributed by atoms with van der Waals surface area (Å²) in [6.07, 6.45) is 2.45. The number of likely N-dealkylation sites (tertiary alicyclic amines) is 1. The molecule has 3 N–H and O–H groups in total. The number of hydrogen-bond acceptors (Lipinski definition) is 3. The van der Waals surface area contributed by atoms with Crippen LogP contribution in [0, 0.1) is 11.8 Å². The van der Waals surface area contributed by atoms with E-state index in [1.807, 2.05) is 17.0 Å². The molecule has 0 aromatic heterocycles. The normalized spacial score (nSPS) is 24.6. The summed E-state index contributed by atoms with van der Waals surface area (Å²) in [4.78, 5) is 26.8. The van der Waals surface area contributed by atoms with Crippen molar-refractivity contribution in [2.24, 2.45) is 17.6 Å². The molecule has 5 nitrogen and oxygen atoms in total. The van der Waals surface area contributed by atoms with E-state index in [0.29, 0.717) is 36.2 Å². The molecular weight excluding hydrogens is 397 g/mol. The largest absolute Gasteiger partial charge is 0.355 e. The van der Waals surface area contributed by atoms with E-state index >= 15 is 0 Å². The fourth-order valence-electron chi connectivity index (χ4n) is 3.58. The zero-order chi connectivity index (χ0) is 18.0. The molecule has 3 unspecified atom stereocenters. The highest BCUT2D eigenvalue weighted by Gasteiger charge is 2.47. The molecule has 2 amide bonds. The molecule has 3 rings (SSSR count). The van der Waals surface area contributed by atoms with E-state index in [0.717, 1.165) is 24.8 Å². The van der Waals surface area contributed by atoms with Gasteiger partial charge >= 0.3 is 0 Å². The van der Waals surface area contributed by atoms with Gasteiger partial charge in [0.05, 0.1) is 16.0 Å². The van der Waals surface area contributed by atoms with Crippen molar-refractivity contribution in [3.8, 4) is 0 Å². The molecule has 0 radical (unpaired) electrons. The third-order valence-corrected chi connectivity index (χ3v) is 5.87. The molecule has 1 aromatic rings. The van der Waals surface area contributed by atoms with Gasteiger partial charge in [-0.2, -0.15) is 0 Å². The molecule has 0 spiro atoms. The highest BCUT2D eigenvalue weighted by Crippen LogP contribution is 2.51. The summed E-state index contributed by atoms with van der Waals surface area (Å²) in [6, 6.07) is 5.55. The molecule has 1 aliphatic heterocycles. The number of carbonyl (C=O) groups is 2. The molecule has 2 aliphatic rings. The van der Waals surface area contributed by atoms with Gasteiger partial charge in [0.25, 0.3) is 0 Å². The summed E-state index contributed by atoms with van der Waals surface area (Å²) in [6.45, 7) is 2.10. The molecule has 0 bridgehead atoms. The molecule has 1 heterocycles. The van der Waals surface area contributed by atoms with Crippen molar-refractivity contribution in [3.05, 3.63) is 33.8 Å². The number of nitrogens with one attached hydrogen (secondary N) is 1. The SMILES string of the molecule is Cl.NCCNC(=O)C1CCCN(C(=O)C2CC2c2cccc(Cl)c2Cl)C1. The van der Waals surface area contributed by atoms with E-state index in [2.05, 4.69) is 5.32 Å². The lowest BCUT2D eigenvalue weighted by atomic mass is 9.96. The van der Waals surface area contributed by atoms with Crippen LogP contribution in [0.2, 0.25) is 10.0 Å². The van der Waals surface area contributed by atoms with Crippen LogP contribution in [0.5, 0.6) is 0 Å². The van der Waals surface area contributed by atoms with Gasteiger partial charge < -0.3 is 16.0 Å². The van der Waals surface area contributed by atoms with E-state index in [1.54, 1.807) is 6.07 Å². The van der Waals surface area contributed by atoms with Gasteiger partial charge in [-0.15, -0.1) is 12.4 Å². The molecule has 1 aliphatic carbocycles. The first-order valence-corrected chi connectivity index (χ1v) is 9.49. The predicted molar refractivity (Wildman–Crippen MR) is 106 cm³/mol. The smallest absolute Gasteiger partial charge is 0.226 e. The van der Waals surface area contributed by atoms with Gasteiger partial charge in [-0.05, 0) is 36.8 Å². The van der Waals surface area contributed by atoms with Crippen LogP contribution in [-0.4, -0.2) is 42.9 Å². The summed E-state index contributed by atoms with van der Waals surface area (Å²) < 4.78 is 0. The van der Waals surface area contributed by atoms with Gasteiger partial charge in [-0.1, -0.05) is 35.3 Å². The second-order valence-corrected chi connectivity index (χ2v) is 7.58. The standard InChI is InChI=1S/C18H23Cl2N3O2.ClH/c19-15-5-1-4-12(16(15)20)13-9-14(13)18(25)23-8-2-3-11(10-23)17(24)22-7-6-21;/h1,4-5,11,13-14H,2-3,6-10,21H2,(H,22,24);1H. The Morgan fingerprint density at radius 1 is 1.31 bits per heavy atom. The molecule has 1 saturated carbocycles. The van der Waals surface area contributed by atoms with E-state index in [9.17, 15) is 9.59 Å². The average molecular weight is 421 g/mol. The Balaban J connectivity index is 0.00000243. The number of amides is 2. The van der Waals surface area contributed by atoms with Crippen molar-refractivity contribution in [2.75, 3.05) is 26.2 Å². The van der Waals surface area contributed by atoms with Crippen molar-refractivity contribution >= 4 is 47.4 Å². The lowest BCUT2D eigenvalue weighted by Gasteiger charge is -2.32. The maximum atomic E-state index is 12.8. The first-order chi connectivity index (χ1) is 12.0. The topological polar surface area (TPSA) is 75.4 Å². The number of nitrogens with two attached hydrogens (primary N) is 1. The lowest BCUT2D eigenvalue weighted by molar-refractivity contribution is -0.136. The van der Waals surface area contributed by atoms with Crippen LogP contribution in [0.25, 0.3) is 0 Å². The maximum Gasteiger partial charge on any atom is 0.226 e. The van der Waals surface area contributed by atoms with E-state index in [1.165, 1.54) is 0 Å². The number of benzene rings is 1. The Morgan fingerprint density at radius 2 is 2.08 bits per heavy atom. The average Bonchev–Trinajstić information content (AvgIpc) is 3.42. The molecule has 2 fully saturated rings. The third-order valence-electron chi connectivity index (χ3n) is 5.04. The molecular formula is C18H24Cl3N3O2. The van der Waals surface area contributed by atoms with Crippen molar-refractivity contribution in [1.29, 1.82) is 0 Å². The van der Waals surface area contributed by atoms with Gasteiger partial charge in [0, 0.05) is 32.1 Å². The van der Waals surface area contributed by atoms with Crippen LogP contribution in [0.4, 0.5) is 0 Å². The molecule has 3 atom stereocenters. The van der Waals surface area contributed by atoms with Crippen molar-refractivity contribution in [2.45, 2.75) is 25.2 Å². The Kier molecular flexibility index (Phi) is 7.59. The van der Waals surface area contributed by atoms with Crippen molar-refractivity contribution in [3.63, 3.8) is 0 Å². The second kappa shape index (κ2) is 9.27. The number of carbonyl (C=O) groups excluding carboxylic acids is 2. The number of hydrogen-bond donors (Lipinski definition) is 2. The van der Waals surface area contributed by atoms with Crippen LogP contribution in [0.1, 0.15) is 30.7 Å². The van der Waals surface area contributed by atoms with Gasteiger partial charge in [0.1, 0.15) is 0 Å². The Hall–Kier alpha value is -1.01. The minimum absolute atomic E-state index is 0. The summed E-state index contributed by atoms with van der Waals surface area (Å²) in [5.41, 5.74) is 6.37. The lowest BCUT2D eigenvalue weighted by Crippen LogP contribution is -2.46. The Bertz CT molecular complexity index is 671. The first kappa shape index (κ1) is 21.3. The number of nitrogens with zero attached hydrogens (tertiary/aromatic N) is 1. The van der Waals surface area contributed by atoms with E-state index in [4.69, 9.17) is 28.9 Å². The molecule has 8 heteroatoms. The fourth-order valence-corrected chi connectivity index (χ4v) is 4.03. The number of piperidine rings is 1. The van der Waals surface area contributed by atoms with Crippen LogP contribution in [0.3, 0.4) is 0 Å². The van der Waals surface area contributed by atoms with Crippen LogP contribution >= 0.6 is 35.6 Å². The Labute approximate surface area is 170 Å². The second-order valence-electron chi connectivity index (χ2n) is 6.79. The summed E-state index contributed by atoms with van der Waals surface area (Å²) in [7, 11) is 0. The zero-order valence-electron chi connectivity index (χ0n) is 14.4. The minimum atomic E-state index is -0.142. The van der Waals surface area contributed by atoms with E-state index in [-0.39, 0.29) is 42.0 Å². The first-order valence-electron chi connectivity index (χ1n) is 8.73. The van der Waals surface area contributed by atoms with Crippen molar-refractivity contribution in [1.82, 2.24) is 10.2 Å². The summed E-state index contributed by atoms with van der Waals surface area (Å²) in [5.74, 6) is 0.0497. The highest BCUT2D eigenvalue weighted by molar-refractivity contribution is 6.42. The Morgan fingerprint density at radius 3 is 2.81 bits per heavy atom. The summed E-state index contributed by atoms with van der Waals surface area (Å²) >= 11 is 12.4. The predicted octanol–water partition coefficient (Wildman–Crippen LogP) is 2.83.